The van der Waals surface area contributed by atoms with Crippen molar-refractivity contribution in [2.75, 3.05) is 5.75 Å². The smallest absolute Gasteiger partial charge is 0.170 e. The van der Waals surface area contributed by atoms with Gasteiger partial charge in [0.05, 0.1) is 5.75 Å². The summed E-state index contributed by atoms with van der Waals surface area (Å²) in [4.78, 5) is 0. The van der Waals surface area contributed by atoms with Crippen molar-refractivity contribution in [3.05, 3.63) is 0 Å². The van der Waals surface area contributed by atoms with Gasteiger partial charge in [-0.3, -0.25) is 0 Å². The van der Waals surface area contributed by atoms with Crippen molar-refractivity contribution in [2.24, 2.45) is 0 Å². The zero-order valence-corrected chi connectivity index (χ0v) is 10.2. The van der Waals surface area contributed by atoms with Crippen molar-refractivity contribution < 1.29 is 52.7 Å². The Morgan fingerprint density at radius 3 is 1.05 bits per heavy atom. The lowest BCUT2D eigenvalue weighted by Crippen LogP contribution is -2.63. The maximum atomic E-state index is 12.2. The number of halogens is 12. The van der Waals surface area contributed by atoms with Gasteiger partial charge in [-0.2, -0.15) is 52.7 Å². The monoisotopic (exact) mass is 366 g/mol. The average molecular weight is 366 g/mol. The van der Waals surface area contributed by atoms with Crippen LogP contribution in [0.4, 0.5) is 52.7 Å². The summed E-state index contributed by atoms with van der Waals surface area (Å²) >= 11 is 0. The standard InChI is InChI=1S/C6H2F12S2/c7-2(8,9)1-19-20-3(4(10,11)12,5(13,14)15)6(16,17)18/h1H2. The molecule has 0 aromatic heterocycles. The molecule has 0 saturated heterocycles. The van der Waals surface area contributed by atoms with Gasteiger partial charge < -0.3 is 0 Å². The Labute approximate surface area is 110 Å². The van der Waals surface area contributed by atoms with Gasteiger partial charge in [-0.15, -0.1) is 0 Å². The van der Waals surface area contributed by atoms with Gasteiger partial charge in [-0.25, -0.2) is 0 Å². The summed E-state index contributed by atoms with van der Waals surface area (Å²) < 4.78 is 139. The van der Waals surface area contributed by atoms with E-state index in [2.05, 4.69) is 0 Å². The second-order valence-corrected chi connectivity index (χ2v) is 5.65. The molecule has 0 radical (unpaired) electrons. The van der Waals surface area contributed by atoms with E-state index in [9.17, 15) is 52.7 Å². The van der Waals surface area contributed by atoms with Crippen LogP contribution < -0.4 is 0 Å². The zero-order valence-electron chi connectivity index (χ0n) is 8.56. The van der Waals surface area contributed by atoms with Gasteiger partial charge in [-0.1, -0.05) is 21.6 Å². The van der Waals surface area contributed by atoms with Crippen LogP contribution in [0.15, 0.2) is 0 Å². The van der Waals surface area contributed by atoms with Crippen LogP contribution in [0.2, 0.25) is 0 Å². The molecule has 0 aliphatic carbocycles. The lowest BCUT2D eigenvalue weighted by atomic mass is 10.1. The number of hydrogen-bond acceptors (Lipinski definition) is 2. The van der Waals surface area contributed by atoms with E-state index in [-0.39, 0.29) is 0 Å². The lowest BCUT2D eigenvalue weighted by molar-refractivity contribution is -0.344. The summed E-state index contributed by atoms with van der Waals surface area (Å²) in [6, 6.07) is 0. The quantitative estimate of drug-likeness (QED) is 0.488. The Balaban J connectivity index is 5.58. The Bertz CT molecular complexity index is 283. The van der Waals surface area contributed by atoms with Crippen LogP contribution in [0, 0.1) is 0 Å². The Morgan fingerprint density at radius 1 is 0.550 bits per heavy atom. The summed E-state index contributed by atoms with van der Waals surface area (Å²) in [6.45, 7) is 0. The minimum atomic E-state index is -6.87. The van der Waals surface area contributed by atoms with Gasteiger partial charge >= 0.3 is 29.5 Å². The van der Waals surface area contributed by atoms with Crippen LogP contribution in [0.3, 0.4) is 0 Å². The first kappa shape index (κ1) is 19.9. The molecule has 0 heterocycles. The Morgan fingerprint density at radius 2 is 0.850 bits per heavy atom. The summed E-state index contributed by atoms with van der Waals surface area (Å²) in [7, 11) is -3.18. The molecule has 0 atom stereocenters. The largest absolute Gasteiger partial charge is 0.422 e. The molecule has 0 N–H and O–H groups in total. The van der Waals surface area contributed by atoms with E-state index in [0.29, 0.717) is 0 Å². The molecular formula is C6H2F12S2. The number of alkyl halides is 12. The highest BCUT2D eigenvalue weighted by Gasteiger charge is 2.84. The Kier molecular flexibility index (Phi) is 5.53. The maximum absolute atomic E-state index is 12.2. The maximum Gasteiger partial charge on any atom is 0.422 e. The highest BCUT2D eigenvalue weighted by atomic mass is 33.1. The summed E-state index contributed by atoms with van der Waals surface area (Å²) in [5, 5.41) is 0. The van der Waals surface area contributed by atoms with Crippen molar-refractivity contribution in [3.8, 4) is 0 Å². The molecular weight excluding hydrogens is 364 g/mol. The molecule has 0 aliphatic heterocycles. The van der Waals surface area contributed by atoms with Crippen molar-refractivity contribution in [2.45, 2.75) is 29.5 Å². The molecule has 0 unspecified atom stereocenters. The highest BCUT2D eigenvalue weighted by molar-refractivity contribution is 8.77. The molecule has 0 aromatic carbocycles. The summed E-state index contributed by atoms with van der Waals surface area (Å²) in [5.74, 6) is -2.30. The average Bonchev–Trinajstić information content (AvgIpc) is 2.03. The van der Waals surface area contributed by atoms with Gasteiger partial charge in [-0.05, 0) is 0 Å². The van der Waals surface area contributed by atoms with E-state index in [1.54, 1.807) is 0 Å². The molecule has 122 valence electrons. The molecule has 0 spiro atoms. The van der Waals surface area contributed by atoms with Gasteiger partial charge in [0.15, 0.2) is 0 Å². The molecule has 0 aliphatic rings. The first-order chi connectivity index (χ1) is 8.46. The van der Waals surface area contributed by atoms with Crippen LogP contribution in [-0.4, -0.2) is 35.2 Å². The second-order valence-electron chi connectivity index (χ2n) is 3.14. The van der Waals surface area contributed by atoms with Gasteiger partial charge in [0.2, 0.25) is 0 Å². The summed E-state index contributed by atoms with van der Waals surface area (Å²) in [6.07, 6.45) is -25.8. The van der Waals surface area contributed by atoms with Crippen LogP contribution in [0.1, 0.15) is 0 Å². The first-order valence-electron chi connectivity index (χ1n) is 4.03. The molecule has 0 rings (SSSR count). The van der Waals surface area contributed by atoms with Gasteiger partial charge in [0.1, 0.15) is 0 Å². The molecule has 20 heavy (non-hydrogen) atoms. The molecule has 0 amide bonds. The number of rotatable bonds is 3. The van der Waals surface area contributed by atoms with Crippen molar-refractivity contribution in [1.82, 2.24) is 0 Å². The van der Waals surface area contributed by atoms with E-state index < -0.39 is 56.8 Å². The third-order valence-electron chi connectivity index (χ3n) is 1.60. The summed E-state index contributed by atoms with van der Waals surface area (Å²) in [5.41, 5.74) is 0. The molecule has 0 fully saturated rings. The third kappa shape index (κ3) is 4.18. The molecule has 0 aromatic rings. The molecule has 0 nitrogen and oxygen atoms in total. The normalized spacial score (nSPS) is 15.6. The lowest BCUT2D eigenvalue weighted by Gasteiger charge is -2.37. The topological polar surface area (TPSA) is 0 Å². The van der Waals surface area contributed by atoms with E-state index >= 15 is 0 Å². The van der Waals surface area contributed by atoms with Crippen LogP contribution >= 0.6 is 21.6 Å². The predicted octanol–water partition coefficient (Wildman–Crippen LogP) is 5.36. The SMILES string of the molecule is FC(F)(F)CSSC(C(F)(F)F)(C(F)(F)F)C(F)(F)F. The fraction of sp³-hybridized carbons (Fsp3) is 1.00. The number of hydrogen-bond donors (Lipinski definition) is 0. The zero-order chi connectivity index (χ0) is 16.6. The third-order valence-corrected chi connectivity index (χ3v) is 4.57. The first-order valence-corrected chi connectivity index (χ1v) is 6.35. The van der Waals surface area contributed by atoms with Crippen molar-refractivity contribution in [1.29, 1.82) is 0 Å². The second kappa shape index (κ2) is 5.57. The minimum absolute atomic E-state index is 1.22. The van der Waals surface area contributed by atoms with E-state index in [0.717, 1.165) is 0 Å². The fourth-order valence-electron chi connectivity index (χ4n) is 0.809. The molecule has 14 heteroatoms. The molecule has 0 bridgehead atoms. The van der Waals surface area contributed by atoms with Crippen molar-refractivity contribution >= 4 is 21.6 Å². The van der Waals surface area contributed by atoms with Crippen LogP contribution in [0.25, 0.3) is 0 Å². The van der Waals surface area contributed by atoms with Gasteiger partial charge in [0, 0.05) is 0 Å². The highest BCUT2D eigenvalue weighted by Crippen LogP contribution is 2.63. The Hall–Kier alpha value is -0.140. The molecule has 0 saturated carbocycles. The van der Waals surface area contributed by atoms with E-state index in [1.807, 2.05) is 0 Å². The van der Waals surface area contributed by atoms with E-state index in [4.69, 9.17) is 0 Å². The van der Waals surface area contributed by atoms with Crippen molar-refractivity contribution in [3.63, 3.8) is 0 Å². The van der Waals surface area contributed by atoms with Gasteiger partial charge in [0.25, 0.3) is 0 Å². The van der Waals surface area contributed by atoms with Crippen LogP contribution in [0.5, 0.6) is 0 Å². The van der Waals surface area contributed by atoms with Crippen LogP contribution in [-0.2, 0) is 0 Å². The fourth-order valence-corrected chi connectivity index (χ4v) is 3.42. The minimum Gasteiger partial charge on any atom is -0.170 e. The predicted molar refractivity (Wildman–Crippen MR) is 47.0 cm³/mol. The van der Waals surface area contributed by atoms with E-state index in [1.165, 1.54) is 0 Å².